The highest BCUT2D eigenvalue weighted by molar-refractivity contribution is 7.81. The molecule has 28 heavy (non-hydrogen) atoms. The molecule has 2 aliphatic heterocycles. The summed E-state index contributed by atoms with van der Waals surface area (Å²) in [5, 5.41) is 21.3. The number of hydrogen-bond donors (Lipinski definition) is 5. The molecule has 0 spiro atoms. The molecule has 0 aliphatic carbocycles. The second-order valence-electron chi connectivity index (χ2n) is 6.75. The maximum Gasteiger partial charge on any atom is 0.352 e. The summed E-state index contributed by atoms with van der Waals surface area (Å²) in [5.41, 5.74) is 7.05. The van der Waals surface area contributed by atoms with E-state index in [0.717, 1.165) is 0 Å². The minimum Gasteiger partial charge on any atom is -0.508 e. The highest BCUT2D eigenvalue weighted by atomic mass is 32.1. The largest absolute Gasteiger partial charge is 0.508 e. The number of phenols is 1. The molecule has 2 aliphatic rings. The number of nitrogen functional groups attached to an aromatic ring is 1. The third kappa shape index (κ3) is 3.45. The number of allylic oxidation sites excluding steroid dienone is 3. The molecule has 2 amide bonds. The molecule has 3 atom stereocenters. The van der Waals surface area contributed by atoms with E-state index in [4.69, 9.17) is 5.73 Å². The lowest BCUT2D eigenvalue weighted by Crippen LogP contribution is -2.74. The van der Waals surface area contributed by atoms with Gasteiger partial charge in [-0.15, -0.1) is 0 Å². The number of carbonyl (C=O) groups is 3. The first kappa shape index (κ1) is 19.8. The highest BCUT2D eigenvalue weighted by Gasteiger charge is 2.56. The van der Waals surface area contributed by atoms with E-state index in [2.05, 4.69) is 17.9 Å². The number of thiol groups is 1. The Morgan fingerprint density at radius 3 is 2.75 bits per heavy atom. The van der Waals surface area contributed by atoms with Gasteiger partial charge in [0.15, 0.2) is 0 Å². The summed E-state index contributed by atoms with van der Waals surface area (Å²) in [6.45, 7) is 1.77. The Bertz CT molecular complexity index is 911. The maximum atomic E-state index is 12.6. The van der Waals surface area contributed by atoms with Gasteiger partial charge in [0.2, 0.25) is 5.91 Å². The second kappa shape index (κ2) is 7.59. The number of benzene rings is 1. The van der Waals surface area contributed by atoms with E-state index in [-0.39, 0.29) is 28.8 Å². The van der Waals surface area contributed by atoms with Gasteiger partial charge >= 0.3 is 5.97 Å². The van der Waals surface area contributed by atoms with Crippen LogP contribution in [0.15, 0.2) is 41.6 Å². The van der Waals surface area contributed by atoms with Crippen LogP contribution in [-0.4, -0.2) is 50.2 Å². The lowest BCUT2D eigenvalue weighted by atomic mass is 9.82. The molecule has 1 saturated heterocycles. The highest BCUT2D eigenvalue weighted by Crippen LogP contribution is 2.39. The summed E-state index contributed by atoms with van der Waals surface area (Å²) in [6, 6.07) is 2.94. The Morgan fingerprint density at radius 1 is 1.43 bits per heavy atom. The Morgan fingerprint density at radius 2 is 2.14 bits per heavy atom. The van der Waals surface area contributed by atoms with Crippen molar-refractivity contribution < 1.29 is 24.6 Å². The van der Waals surface area contributed by atoms with E-state index in [1.54, 1.807) is 19.1 Å². The van der Waals surface area contributed by atoms with Crippen molar-refractivity contribution in [3.05, 3.63) is 47.2 Å². The maximum absolute atomic E-state index is 12.6. The van der Waals surface area contributed by atoms with Gasteiger partial charge in [-0.2, -0.15) is 12.6 Å². The summed E-state index contributed by atoms with van der Waals surface area (Å²) >= 11 is 4.52. The van der Waals surface area contributed by atoms with Gasteiger partial charge in [-0.25, -0.2) is 4.79 Å². The number of fused-ring (bicyclic) bond motifs is 1. The monoisotopic (exact) mass is 403 g/mol. The number of aliphatic carboxylic acids is 1. The smallest absolute Gasteiger partial charge is 0.352 e. The van der Waals surface area contributed by atoms with Crippen LogP contribution < -0.4 is 11.1 Å². The van der Waals surface area contributed by atoms with Crippen molar-refractivity contribution in [1.82, 2.24) is 10.2 Å². The van der Waals surface area contributed by atoms with Crippen LogP contribution in [0.25, 0.3) is 0 Å². The standard InChI is InChI=1S/C19H21N3O5S/c1-2-3-10-6-13(28)17-15(18(25)22(17)16(10)19(26)27)21-14(24)7-9-4-5-11(23)8-12(9)20/h2-5,8,13,15,17,23,28H,6-7,20H2,1H3,(H,21,24)(H,26,27)/b3-2+/t13-,15-,17+/m1/s1. The van der Waals surface area contributed by atoms with Gasteiger partial charge in [0.1, 0.15) is 17.5 Å². The summed E-state index contributed by atoms with van der Waals surface area (Å²) in [5.74, 6) is -2.09. The number of carboxylic acids is 1. The Hall–Kier alpha value is -2.94. The molecule has 3 rings (SSSR count). The molecule has 0 aromatic heterocycles. The summed E-state index contributed by atoms with van der Waals surface area (Å²) in [4.78, 5) is 37.9. The van der Waals surface area contributed by atoms with E-state index in [9.17, 15) is 24.6 Å². The number of β-lactam (4-membered cyclic amide) rings is 1. The fourth-order valence-corrected chi connectivity index (χ4v) is 4.14. The van der Waals surface area contributed by atoms with E-state index in [1.165, 1.54) is 23.1 Å². The molecule has 2 heterocycles. The molecule has 5 N–H and O–H groups in total. The number of aromatic hydroxyl groups is 1. The normalized spacial score (nSPS) is 24.1. The van der Waals surface area contributed by atoms with Crippen molar-refractivity contribution in [2.75, 3.05) is 5.73 Å². The van der Waals surface area contributed by atoms with Crippen LogP contribution in [-0.2, 0) is 20.8 Å². The van der Waals surface area contributed by atoms with Gasteiger partial charge in [-0.3, -0.25) is 14.5 Å². The van der Waals surface area contributed by atoms with Crippen LogP contribution >= 0.6 is 12.6 Å². The van der Waals surface area contributed by atoms with Crippen LogP contribution in [0.4, 0.5) is 5.69 Å². The molecule has 0 unspecified atom stereocenters. The first-order chi connectivity index (χ1) is 13.2. The summed E-state index contributed by atoms with van der Waals surface area (Å²) < 4.78 is 0. The lowest BCUT2D eigenvalue weighted by Gasteiger charge is -2.52. The molecular formula is C19H21N3O5S. The number of amides is 2. The SMILES string of the molecule is C/C=C/C1=C(C(=O)O)N2C(=O)[C@H](NC(=O)Cc3ccc(O)cc3N)[C@@H]2[C@H](S)C1. The quantitative estimate of drug-likeness (QED) is 0.281. The van der Waals surface area contributed by atoms with E-state index in [1.807, 2.05) is 0 Å². The Balaban J connectivity index is 1.76. The van der Waals surface area contributed by atoms with Gasteiger partial charge in [-0.05, 0) is 30.5 Å². The molecule has 1 fully saturated rings. The van der Waals surface area contributed by atoms with Crippen LogP contribution in [0, 0.1) is 0 Å². The topological polar surface area (TPSA) is 133 Å². The fraction of sp³-hybridized carbons (Fsp3) is 0.316. The molecule has 0 bridgehead atoms. The van der Waals surface area contributed by atoms with E-state index in [0.29, 0.717) is 17.6 Å². The second-order valence-corrected chi connectivity index (χ2v) is 7.42. The van der Waals surface area contributed by atoms with E-state index >= 15 is 0 Å². The molecule has 0 radical (unpaired) electrons. The number of carbonyl (C=O) groups excluding carboxylic acids is 2. The predicted octanol–water partition coefficient (Wildman–Crippen LogP) is 0.829. The molecule has 1 aromatic carbocycles. The summed E-state index contributed by atoms with van der Waals surface area (Å²) in [6.07, 6.45) is 3.69. The molecular weight excluding hydrogens is 382 g/mol. The van der Waals surface area contributed by atoms with Crippen molar-refractivity contribution in [3.8, 4) is 5.75 Å². The number of anilines is 1. The molecule has 0 saturated carbocycles. The number of hydrogen-bond acceptors (Lipinski definition) is 6. The number of rotatable bonds is 5. The van der Waals surface area contributed by atoms with Gasteiger partial charge in [0.25, 0.3) is 5.91 Å². The molecule has 148 valence electrons. The van der Waals surface area contributed by atoms with Gasteiger partial charge < -0.3 is 21.3 Å². The first-order valence-corrected chi connectivity index (χ1v) is 9.23. The predicted molar refractivity (Wildman–Crippen MR) is 106 cm³/mol. The Kier molecular flexibility index (Phi) is 5.37. The van der Waals surface area contributed by atoms with Crippen molar-refractivity contribution in [2.45, 2.75) is 37.1 Å². The lowest BCUT2D eigenvalue weighted by molar-refractivity contribution is -0.155. The van der Waals surface area contributed by atoms with Crippen molar-refractivity contribution in [1.29, 1.82) is 0 Å². The first-order valence-electron chi connectivity index (χ1n) is 8.71. The molecule has 9 heteroatoms. The molecule has 1 aromatic rings. The minimum atomic E-state index is -1.19. The fourth-order valence-electron chi connectivity index (χ4n) is 3.64. The van der Waals surface area contributed by atoms with E-state index < -0.39 is 29.9 Å². The van der Waals surface area contributed by atoms with Crippen molar-refractivity contribution in [3.63, 3.8) is 0 Å². The third-order valence-electron chi connectivity index (χ3n) is 4.88. The Labute approximate surface area is 167 Å². The zero-order valence-electron chi connectivity index (χ0n) is 15.1. The minimum absolute atomic E-state index is 0.00323. The number of carboxylic acid groups (broad SMARTS) is 1. The zero-order chi connectivity index (χ0) is 20.6. The average molecular weight is 403 g/mol. The third-order valence-corrected chi connectivity index (χ3v) is 5.37. The van der Waals surface area contributed by atoms with Crippen LogP contribution in [0.2, 0.25) is 0 Å². The molecule has 8 nitrogen and oxygen atoms in total. The summed E-state index contributed by atoms with van der Waals surface area (Å²) in [7, 11) is 0. The van der Waals surface area contributed by atoms with Crippen molar-refractivity contribution >= 4 is 36.1 Å². The van der Waals surface area contributed by atoms with Crippen LogP contribution in [0.5, 0.6) is 5.75 Å². The average Bonchev–Trinajstić information content (AvgIpc) is 2.61. The number of nitrogens with zero attached hydrogens (tertiary/aromatic N) is 1. The number of nitrogens with one attached hydrogen (secondary N) is 1. The van der Waals surface area contributed by atoms with Crippen molar-refractivity contribution in [2.24, 2.45) is 0 Å². The van der Waals surface area contributed by atoms with Gasteiger partial charge in [0, 0.05) is 17.0 Å². The number of phenolic OH excluding ortho intramolecular Hbond substituents is 1. The van der Waals surface area contributed by atoms with Crippen LogP contribution in [0.3, 0.4) is 0 Å². The van der Waals surface area contributed by atoms with Crippen LogP contribution in [0.1, 0.15) is 18.9 Å². The van der Waals surface area contributed by atoms with Gasteiger partial charge in [-0.1, -0.05) is 18.2 Å². The van der Waals surface area contributed by atoms with Gasteiger partial charge in [0.05, 0.1) is 12.5 Å². The zero-order valence-corrected chi connectivity index (χ0v) is 16.0. The number of nitrogens with two attached hydrogens (primary N) is 1.